The summed E-state index contributed by atoms with van der Waals surface area (Å²) in [6, 6.07) is 6.98. The van der Waals surface area contributed by atoms with Gasteiger partial charge in [0, 0.05) is 32.6 Å². The molecule has 0 bridgehead atoms. The molecule has 1 N–H and O–H groups in total. The molecule has 2 aliphatic heterocycles. The lowest BCUT2D eigenvalue weighted by Gasteiger charge is -2.35. The fourth-order valence-electron chi connectivity index (χ4n) is 3.51. The van der Waals surface area contributed by atoms with Gasteiger partial charge >= 0.3 is 6.09 Å². The maximum atomic E-state index is 12.4. The summed E-state index contributed by atoms with van der Waals surface area (Å²) >= 11 is 0. The van der Waals surface area contributed by atoms with Gasteiger partial charge in [-0.2, -0.15) is 0 Å². The van der Waals surface area contributed by atoms with Gasteiger partial charge in [0.1, 0.15) is 11.4 Å². The minimum atomic E-state index is -0.550. The fourth-order valence-corrected chi connectivity index (χ4v) is 3.51. The third kappa shape index (κ3) is 6.19. The molecule has 0 aliphatic carbocycles. The van der Waals surface area contributed by atoms with Crippen molar-refractivity contribution in [3.05, 3.63) is 29.8 Å². The predicted molar refractivity (Wildman–Crippen MR) is 111 cm³/mol. The van der Waals surface area contributed by atoms with Gasteiger partial charge in [-0.3, -0.25) is 19.7 Å². The minimum absolute atomic E-state index is 0.107. The van der Waals surface area contributed by atoms with Crippen LogP contribution in [0.25, 0.3) is 0 Å². The number of imide groups is 1. The van der Waals surface area contributed by atoms with Crippen molar-refractivity contribution < 1.29 is 28.7 Å². The molecule has 1 atom stereocenters. The minimum Gasteiger partial charge on any atom is -0.484 e. The zero-order valence-corrected chi connectivity index (χ0v) is 18.2. The van der Waals surface area contributed by atoms with E-state index in [1.54, 1.807) is 34.1 Å². The molecule has 2 fully saturated rings. The lowest BCUT2D eigenvalue weighted by Crippen LogP contribution is -2.52. The van der Waals surface area contributed by atoms with Crippen LogP contribution < -0.4 is 10.1 Å². The summed E-state index contributed by atoms with van der Waals surface area (Å²) in [5, 5.41) is 2.35. The van der Waals surface area contributed by atoms with E-state index in [1.807, 2.05) is 20.8 Å². The van der Waals surface area contributed by atoms with Gasteiger partial charge in [-0.05, 0) is 44.9 Å². The van der Waals surface area contributed by atoms with Crippen molar-refractivity contribution in [1.82, 2.24) is 15.1 Å². The van der Waals surface area contributed by atoms with Crippen molar-refractivity contribution in [2.75, 3.05) is 32.8 Å². The average Bonchev–Trinajstić information content (AvgIpc) is 2.71. The average molecular weight is 431 g/mol. The molecular weight excluding hydrogens is 402 g/mol. The van der Waals surface area contributed by atoms with Gasteiger partial charge < -0.3 is 19.3 Å². The zero-order chi connectivity index (χ0) is 22.6. The normalized spacial score (nSPS) is 19.6. The number of nitrogens with zero attached hydrogens (tertiary/aromatic N) is 2. The number of ether oxygens (including phenoxy) is 2. The van der Waals surface area contributed by atoms with Crippen LogP contribution in [0.2, 0.25) is 0 Å². The van der Waals surface area contributed by atoms with Crippen LogP contribution in [0.1, 0.15) is 45.1 Å². The highest BCUT2D eigenvalue weighted by Gasteiger charge is 2.29. The molecule has 4 amide bonds. The molecule has 0 spiro atoms. The van der Waals surface area contributed by atoms with Crippen LogP contribution in [0.4, 0.5) is 4.79 Å². The van der Waals surface area contributed by atoms with E-state index in [-0.39, 0.29) is 36.3 Å². The molecule has 1 unspecified atom stereocenters. The molecule has 0 saturated carbocycles. The van der Waals surface area contributed by atoms with E-state index in [0.29, 0.717) is 44.8 Å². The van der Waals surface area contributed by atoms with Crippen LogP contribution in [0, 0.1) is 0 Å². The number of piperidine rings is 1. The van der Waals surface area contributed by atoms with E-state index in [2.05, 4.69) is 5.32 Å². The number of rotatable bonds is 4. The van der Waals surface area contributed by atoms with Crippen molar-refractivity contribution >= 4 is 23.8 Å². The maximum Gasteiger partial charge on any atom is 0.410 e. The van der Waals surface area contributed by atoms with Crippen molar-refractivity contribution in [2.24, 2.45) is 0 Å². The van der Waals surface area contributed by atoms with Crippen LogP contribution in [0.5, 0.6) is 5.75 Å². The topological polar surface area (TPSA) is 105 Å². The summed E-state index contributed by atoms with van der Waals surface area (Å²) in [4.78, 5) is 51.1. The van der Waals surface area contributed by atoms with Crippen LogP contribution in [0.15, 0.2) is 24.3 Å². The van der Waals surface area contributed by atoms with E-state index in [1.165, 1.54) is 0 Å². The van der Waals surface area contributed by atoms with Crippen LogP contribution in [-0.4, -0.2) is 72.0 Å². The molecule has 2 aliphatic rings. The molecule has 3 rings (SSSR count). The van der Waals surface area contributed by atoms with Gasteiger partial charge in [0.05, 0.1) is 5.92 Å². The smallest absolute Gasteiger partial charge is 0.410 e. The molecule has 0 radical (unpaired) electrons. The Kier molecular flexibility index (Phi) is 6.82. The molecule has 0 aromatic heterocycles. The molecule has 9 nitrogen and oxygen atoms in total. The van der Waals surface area contributed by atoms with Crippen molar-refractivity contribution in [3.8, 4) is 5.75 Å². The maximum absolute atomic E-state index is 12.4. The lowest BCUT2D eigenvalue weighted by molar-refractivity contribution is -0.135. The Morgan fingerprint density at radius 1 is 1.03 bits per heavy atom. The van der Waals surface area contributed by atoms with Gasteiger partial charge in [-0.15, -0.1) is 0 Å². The Bertz CT molecular complexity index is 838. The summed E-state index contributed by atoms with van der Waals surface area (Å²) in [7, 11) is 0. The monoisotopic (exact) mass is 431 g/mol. The largest absolute Gasteiger partial charge is 0.484 e. The Labute approximate surface area is 181 Å². The van der Waals surface area contributed by atoms with E-state index < -0.39 is 5.60 Å². The Morgan fingerprint density at radius 2 is 1.65 bits per heavy atom. The molecule has 31 heavy (non-hydrogen) atoms. The quantitative estimate of drug-likeness (QED) is 0.727. The molecule has 1 aromatic carbocycles. The third-order valence-electron chi connectivity index (χ3n) is 5.17. The number of benzene rings is 1. The Balaban J connectivity index is 1.44. The van der Waals surface area contributed by atoms with Crippen LogP contribution in [-0.2, 0) is 19.1 Å². The molecule has 1 aromatic rings. The van der Waals surface area contributed by atoms with Gasteiger partial charge in [-0.1, -0.05) is 12.1 Å². The number of carbonyl (C=O) groups excluding carboxylic acids is 4. The lowest BCUT2D eigenvalue weighted by atomic mass is 9.90. The van der Waals surface area contributed by atoms with Crippen molar-refractivity contribution in [1.29, 1.82) is 0 Å². The SMILES string of the molecule is CC(C)(C)OC(=O)N1CCN(C(=O)COc2ccc(C3CCC(=O)NC3=O)cc2)CC1. The van der Waals surface area contributed by atoms with Crippen molar-refractivity contribution in [3.63, 3.8) is 0 Å². The highest BCUT2D eigenvalue weighted by atomic mass is 16.6. The third-order valence-corrected chi connectivity index (χ3v) is 5.17. The molecule has 2 saturated heterocycles. The number of carbonyl (C=O) groups is 4. The summed E-state index contributed by atoms with van der Waals surface area (Å²) in [6.07, 6.45) is 0.440. The number of nitrogens with one attached hydrogen (secondary N) is 1. The number of hydrogen-bond donors (Lipinski definition) is 1. The van der Waals surface area contributed by atoms with Gasteiger partial charge in [0.25, 0.3) is 5.91 Å². The van der Waals surface area contributed by atoms with E-state index in [0.717, 1.165) is 5.56 Å². The predicted octanol–water partition coefficient (Wildman–Crippen LogP) is 1.66. The number of amides is 4. The molecular formula is C22H29N3O6. The van der Waals surface area contributed by atoms with Gasteiger partial charge in [0.15, 0.2) is 6.61 Å². The number of hydrogen-bond acceptors (Lipinski definition) is 6. The van der Waals surface area contributed by atoms with Crippen LogP contribution in [0.3, 0.4) is 0 Å². The number of piperazine rings is 1. The van der Waals surface area contributed by atoms with E-state index >= 15 is 0 Å². The highest BCUT2D eigenvalue weighted by molar-refractivity contribution is 6.00. The Hall–Kier alpha value is -3.10. The summed E-state index contributed by atoms with van der Waals surface area (Å²) in [6.45, 7) is 7.04. The molecule has 2 heterocycles. The van der Waals surface area contributed by atoms with Crippen molar-refractivity contribution in [2.45, 2.75) is 45.1 Å². The standard InChI is InChI=1S/C22H29N3O6/c1-22(2,3)31-21(29)25-12-10-24(11-13-25)19(27)14-30-16-6-4-15(5-7-16)17-8-9-18(26)23-20(17)28/h4-7,17H,8-14H2,1-3H3,(H,23,26,28). The van der Waals surface area contributed by atoms with Gasteiger partial charge in [0.2, 0.25) is 11.8 Å². The second-order valence-electron chi connectivity index (χ2n) is 8.71. The zero-order valence-electron chi connectivity index (χ0n) is 18.2. The molecule has 168 valence electrons. The van der Waals surface area contributed by atoms with E-state index in [9.17, 15) is 19.2 Å². The first-order valence-electron chi connectivity index (χ1n) is 10.4. The summed E-state index contributed by atoms with van der Waals surface area (Å²) in [5.74, 6) is -0.512. The summed E-state index contributed by atoms with van der Waals surface area (Å²) in [5.41, 5.74) is 0.257. The summed E-state index contributed by atoms with van der Waals surface area (Å²) < 4.78 is 11.0. The van der Waals surface area contributed by atoms with Gasteiger partial charge in [-0.25, -0.2) is 4.79 Å². The second kappa shape index (κ2) is 9.36. The van der Waals surface area contributed by atoms with E-state index in [4.69, 9.17) is 9.47 Å². The van der Waals surface area contributed by atoms with Crippen LogP contribution >= 0.6 is 0 Å². The highest BCUT2D eigenvalue weighted by Crippen LogP contribution is 2.26. The molecule has 9 heteroatoms. The second-order valence-corrected chi connectivity index (χ2v) is 8.71. The first-order chi connectivity index (χ1) is 14.6. The Morgan fingerprint density at radius 3 is 2.23 bits per heavy atom. The fraction of sp³-hybridized carbons (Fsp3) is 0.545. The first-order valence-corrected chi connectivity index (χ1v) is 10.4. The first kappa shape index (κ1) is 22.6.